The summed E-state index contributed by atoms with van der Waals surface area (Å²) in [6.45, 7) is 9.23. The number of halogens is 2. The van der Waals surface area contributed by atoms with Crippen LogP contribution in [0.25, 0.3) is 30.3 Å². The molecular formula is C68H74Br2S2. The van der Waals surface area contributed by atoms with Crippen LogP contribution in [-0.4, -0.2) is 0 Å². The van der Waals surface area contributed by atoms with Gasteiger partial charge in [-0.25, -0.2) is 0 Å². The van der Waals surface area contributed by atoms with Crippen molar-refractivity contribution in [1.29, 1.82) is 0 Å². The molecule has 0 N–H and O–H groups in total. The van der Waals surface area contributed by atoms with Crippen LogP contribution in [0.15, 0.2) is 142 Å². The fourth-order valence-electron chi connectivity index (χ4n) is 12.6. The molecule has 0 atom stereocenters. The van der Waals surface area contributed by atoms with Crippen molar-refractivity contribution in [3.8, 4) is 20.9 Å². The Morgan fingerprint density at radius 3 is 0.875 bits per heavy atom. The third-order valence-electron chi connectivity index (χ3n) is 16.4. The van der Waals surface area contributed by atoms with Gasteiger partial charge in [0.25, 0.3) is 0 Å². The molecule has 0 saturated heterocycles. The van der Waals surface area contributed by atoms with E-state index in [0.29, 0.717) is 0 Å². The van der Waals surface area contributed by atoms with Gasteiger partial charge in [-0.2, -0.15) is 0 Å². The first-order chi connectivity index (χ1) is 35.4. The average molecular weight is 1120 g/mol. The van der Waals surface area contributed by atoms with Crippen molar-refractivity contribution in [2.45, 2.75) is 167 Å². The molecule has 372 valence electrons. The van der Waals surface area contributed by atoms with Gasteiger partial charge in [-0.15, -0.1) is 22.7 Å². The van der Waals surface area contributed by atoms with Gasteiger partial charge < -0.3 is 0 Å². The Labute approximate surface area is 457 Å². The molecule has 0 bridgehead atoms. The lowest BCUT2D eigenvalue weighted by molar-refractivity contribution is 0.666. The zero-order valence-electron chi connectivity index (χ0n) is 43.4. The molecule has 0 amide bonds. The second kappa shape index (κ2) is 23.2. The lowest BCUT2D eigenvalue weighted by atomic mass is 9.66. The van der Waals surface area contributed by atoms with E-state index in [1.807, 2.05) is 0 Å². The van der Waals surface area contributed by atoms with Gasteiger partial charge in [-0.3, -0.25) is 0 Å². The highest BCUT2D eigenvalue weighted by atomic mass is 79.9. The predicted molar refractivity (Wildman–Crippen MR) is 321 cm³/mol. The number of aryl methyl sites for hydroxylation is 4. The molecule has 0 radical (unpaired) electrons. The van der Waals surface area contributed by atoms with E-state index < -0.39 is 10.8 Å². The van der Waals surface area contributed by atoms with Crippen molar-refractivity contribution in [2.24, 2.45) is 0 Å². The largest absolute Gasteiger partial charge is 0.134 e. The lowest BCUT2D eigenvalue weighted by Crippen LogP contribution is -2.29. The zero-order valence-corrected chi connectivity index (χ0v) is 48.2. The predicted octanol–water partition coefficient (Wildman–Crippen LogP) is 21.7. The number of hydrogen-bond donors (Lipinski definition) is 0. The molecule has 0 fully saturated rings. The van der Waals surface area contributed by atoms with Gasteiger partial charge in [0.1, 0.15) is 0 Å². The van der Waals surface area contributed by atoms with Gasteiger partial charge in [0.15, 0.2) is 0 Å². The summed E-state index contributed by atoms with van der Waals surface area (Å²) >= 11 is 12.2. The first-order valence-corrected chi connectivity index (χ1v) is 31.2. The van der Waals surface area contributed by atoms with Crippen molar-refractivity contribution >= 4 is 63.9 Å². The van der Waals surface area contributed by atoms with Crippen molar-refractivity contribution < 1.29 is 0 Å². The summed E-state index contributed by atoms with van der Waals surface area (Å²) in [6.07, 6.45) is 24.9. The Hall–Kier alpha value is -4.06. The first kappa shape index (κ1) is 51.4. The first-order valence-electron chi connectivity index (χ1n) is 27.9. The molecule has 2 aliphatic rings. The summed E-state index contributed by atoms with van der Waals surface area (Å²) < 4.78 is 5.15. The normalized spacial score (nSPS) is 13.9. The van der Waals surface area contributed by atoms with Crippen molar-refractivity contribution in [3.05, 3.63) is 209 Å². The van der Waals surface area contributed by atoms with E-state index in [2.05, 4.69) is 216 Å². The molecule has 0 nitrogen and oxygen atoms in total. The molecule has 6 aromatic carbocycles. The monoisotopic (exact) mass is 1110 g/mol. The summed E-state index contributed by atoms with van der Waals surface area (Å²) in [6, 6.07) is 54.0. The van der Waals surface area contributed by atoms with Crippen LogP contribution < -0.4 is 0 Å². The number of unbranched alkanes of at least 4 members (excludes halogenated alkanes) is 12. The zero-order chi connectivity index (χ0) is 49.7. The topological polar surface area (TPSA) is 0 Å². The number of benzene rings is 6. The maximum Gasteiger partial charge on any atom is 0.0736 e. The molecule has 0 saturated carbocycles. The Bertz CT molecular complexity index is 2750. The number of hydrogen-bond acceptors (Lipinski definition) is 2. The van der Waals surface area contributed by atoms with E-state index in [9.17, 15) is 0 Å². The van der Waals surface area contributed by atoms with E-state index in [0.717, 1.165) is 34.6 Å². The highest BCUT2D eigenvalue weighted by Gasteiger charge is 2.54. The molecule has 4 heteroatoms. The van der Waals surface area contributed by atoms with Crippen molar-refractivity contribution in [2.75, 3.05) is 0 Å². The standard InChI is InChI=1S/C68H74Br2S2/c1-5-9-13-17-21-47-25-33-51(34-26-47)67(52-35-27-48(28-36-52)22-18-14-10-6-2)59-45-55(69)41-43-57(59)63-61(67)65-66(71-63)62-64(72-65)58-44-42-56(70)46-60(58)68(62,53-37-29-49(30-38-53)23-19-15-11-7-3)54-39-31-50(32-40-54)24-20-16-12-8-4/h25-46H,5-24H2,1-4H3. The van der Waals surface area contributed by atoms with Gasteiger partial charge in [0.05, 0.1) is 20.2 Å². The quantitative estimate of drug-likeness (QED) is 0.0529. The molecule has 2 heterocycles. The van der Waals surface area contributed by atoms with Crippen LogP contribution in [0.2, 0.25) is 0 Å². The van der Waals surface area contributed by atoms with Gasteiger partial charge in [0, 0.05) is 29.8 Å². The third kappa shape index (κ3) is 9.63. The molecule has 2 aliphatic carbocycles. The fourth-order valence-corrected chi connectivity index (χ4v) is 16.5. The number of fused-ring (bicyclic) bond motifs is 9. The van der Waals surface area contributed by atoms with Crippen LogP contribution in [0.1, 0.15) is 197 Å². The van der Waals surface area contributed by atoms with E-state index in [4.69, 9.17) is 0 Å². The van der Waals surface area contributed by atoms with E-state index in [-0.39, 0.29) is 0 Å². The third-order valence-corrected chi connectivity index (χ3v) is 20.0. The SMILES string of the molecule is CCCCCCc1ccc(C2(c3ccc(CCCCCC)cc3)c3cc(Br)ccc3-c3sc4c5c(sc4c32)-c2ccc(Br)cc2C5(c2ccc(CCCCCC)cc2)c2ccc(CCCCCC)cc2)cc1. The van der Waals surface area contributed by atoms with Crippen LogP contribution in [0, 0.1) is 0 Å². The summed E-state index contributed by atoms with van der Waals surface area (Å²) in [7, 11) is 0. The Morgan fingerprint density at radius 2 is 0.611 bits per heavy atom. The minimum absolute atomic E-state index is 0.503. The van der Waals surface area contributed by atoms with Crippen LogP contribution in [0.5, 0.6) is 0 Å². The highest BCUT2D eigenvalue weighted by molar-refractivity contribution is 9.10. The minimum Gasteiger partial charge on any atom is -0.134 e. The smallest absolute Gasteiger partial charge is 0.0736 e. The fraction of sp³-hybridized carbons (Fsp3) is 0.382. The van der Waals surface area contributed by atoms with E-state index in [1.165, 1.54) is 200 Å². The second-order valence-electron chi connectivity index (χ2n) is 21.2. The van der Waals surface area contributed by atoms with E-state index >= 15 is 0 Å². The molecule has 72 heavy (non-hydrogen) atoms. The van der Waals surface area contributed by atoms with Crippen molar-refractivity contribution in [1.82, 2.24) is 0 Å². The van der Waals surface area contributed by atoms with Crippen molar-refractivity contribution in [3.63, 3.8) is 0 Å². The Kier molecular flexibility index (Phi) is 16.6. The maximum absolute atomic E-state index is 4.03. The van der Waals surface area contributed by atoms with Crippen LogP contribution in [0.3, 0.4) is 0 Å². The molecule has 2 aromatic heterocycles. The summed E-state index contributed by atoms with van der Waals surface area (Å²) in [5.41, 5.74) is 18.7. The molecule has 0 spiro atoms. The van der Waals surface area contributed by atoms with Crippen LogP contribution >= 0.6 is 54.5 Å². The van der Waals surface area contributed by atoms with Crippen LogP contribution in [-0.2, 0) is 36.5 Å². The number of thiophene rings is 2. The Balaban J connectivity index is 1.21. The summed E-state index contributed by atoms with van der Waals surface area (Å²) in [4.78, 5) is 2.84. The van der Waals surface area contributed by atoms with Crippen LogP contribution in [0.4, 0.5) is 0 Å². The van der Waals surface area contributed by atoms with Gasteiger partial charge >= 0.3 is 0 Å². The summed E-state index contributed by atoms with van der Waals surface area (Å²) in [5, 5.41) is 0. The molecule has 0 unspecified atom stereocenters. The van der Waals surface area contributed by atoms with Gasteiger partial charge in [-0.1, -0.05) is 246 Å². The highest BCUT2D eigenvalue weighted by Crippen LogP contribution is 2.68. The summed E-state index contributed by atoms with van der Waals surface area (Å²) in [5.74, 6) is 0. The molecule has 8 aromatic rings. The number of rotatable bonds is 24. The minimum atomic E-state index is -0.503. The molecular weight excluding hydrogens is 1040 g/mol. The second-order valence-corrected chi connectivity index (χ2v) is 25.1. The lowest BCUT2D eigenvalue weighted by Gasteiger charge is -2.35. The Morgan fingerprint density at radius 1 is 0.333 bits per heavy atom. The van der Waals surface area contributed by atoms with Gasteiger partial charge in [-0.05, 0) is 142 Å². The van der Waals surface area contributed by atoms with E-state index in [1.54, 1.807) is 0 Å². The molecule has 10 rings (SSSR count). The molecule has 0 aliphatic heterocycles. The maximum atomic E-state index is 4.03. The average Bonchev–Trinajstić information content (AvgIpc) is 4.11. The van der Waals surface area contributed by atoms with Gasteiger partial charge in [0.2, 0.25) is 0 Å².